The highest BCUT2D eigenvalue weighted by atomic mass is 35.5. The molecular formula is C7H14Cl2N4. The van der Waals surface area contributed by atoms with Gasteiger partial charge in [0.15, 0.2) is 0 Å². The van der Waals surface area contributed by atoms with E-state index in [1.54, 1.807) is 0 Å². The summed E-state index contributed by atoms with van der Waals surface area (Å²) in [7, 11) is 0. The van der Waals surface area contributed by atoms with Crippen molar-refractivity contribution < 1.29 is 0 Å². The molecule has 1 heterocycles. The number of rotatable bonds is 1. The minimum absolute atomic E-state index is 0. The summed E-state index contributed by atoms with van der Waals surface area (Å²) < 4.78 is 0. The van der Waals surface area contributed by atoms with Crippen molar-refractivity contribution in [2.45, 2.75) is 20.4 Å². The van der Waals surface area contributed by atoms with E-state index < -0.39 is 0 Å². The van der Waals surface area contributed by atoms with Crippen LogP contribution in [0.5, 0.6) is 0 Å². The minimum atomic E-state index is 0. The Morgan fingerprint density at radius 2 is 1.46 bits per heavy atom. The van der Waals surface area contributed by atoms with Crippen LogP contribution in [0.25, 0.3) is 0 Å². The van der Waals surface area contributed by atoms with Gasteiger partial charge in [0.05, 0.1) is 0 Å². The first kappa shape index (κ1) is 14.9. The van der Waals surface area contributed by atoms with Gasteiger partial charge in [-0.15, -0.1) is 24.8 Å². The first-order valence-corrected chi connectivity index (χ1v) is 3.44. The van der Waals surface area contributed by atoms with Gasteiger partial charge >= 0.3 is 0 Å². The number of anilines is 1. The van der Waals surface area contributed by atoms with E-state index in [9.17, 15) is 0 Å². The lowest BCUT2D eigenvalue weighted by Crippen LogP contribution is -2.08. The number of halogens is 2. The maximum absolute atomic E-state index is 5.48. The lowest BCUT2D eigenvalue weighted by atomic mass is 10.2. The van der Waals surface area contributed by atoms with E-state index in [1.165, 1.54) is 0 Å². The van der Waals surface area contributed by atoms with Gasteiger partial charge in [0.2, 0.25) is 5.95 Å². The molecule has 4 N–H and O–H groups in total. The number of hydrogen-bond acceptors (Lipinski definition) is 4. The molecule has 0 saturated heterocycles. The van der Waals surface area contributed by atoms with Crippen LogP contribution in [0.1, 0.15) is 17.0 Å². The highest BCUT2D eigenvalue weighted by molar-refractivity contribution is 5.85. The van der Waals surface area contributed by atoms with Crippen LogP contribution in [-0.2, 0) is 6.54 Å². The van der Waals surface area contributed by atoms with Crippen LogP contribution >= 0.6 is 24.8 Å². The molecule has 0 amide bonds. The van der Waals surface area contributed by atoms with Crippen molar-refractivity contribution in [2.24, 2.45) is 5.73 Å². The molecule has 0 saturated carbocycles. The summed E-state index contributed by atoms with van der Waals surface area (Å²) in [4.78, 5) is 7.98. The summed E-state index contributed by atoms with van der Waals surface area (Å²) >= 11 is 0. The van der Waals surface area contributed by atoms with Gasteiger partial charge in [0, 0.05) is 23.5 Å². The molecule has 13 heavy (non-hydrogen) atoms. The van der Waals surface area contributed by atoms with E-state index in [2.05, 4.69) is 9.97 Å². The van der Waals surface area contributed by atoms with Crippen molar-refractivity contribution in [3.05, 3.63) is 17.0 Å². The zero-order valence-corrected chi connectivity index (χ0v) is 9.21. The number of hydrogen-bond donors (Lipinski definition) is 2. The number of nitrogens with zero attached hydrogens (tertiary/aromatic N) is 2. The average Bonchev–Trinajstić information content (AvgIpc) is 1.85. The Balaban J connectivity index is 0. The molecule has 0 unspecified atom stereocenters. The molecule has 76 valence electrons. The molecule has 1 aromatic heterocycles. The Hall–Kier alpha value is -0.580. The van der Waals surface area contributed by atoms with Gasteiger partial charge in [0.25, 0.3) is 0 Å². The maximum atomic E-state index is 5.48. The molecule has 4 nitrogen and oxygen atoms in total. The number of aryl methyl sites for hydroxylation is 2. The summed E-state index contributed by atoms with van der Waals surface area (Å²) in [6.45, 7) is 4.23. The predicted molar refractivity (Wildman–Crippen MR) is 58.3 cm³/mol. The summed E-state index contributed by atoms with van der Waals surface area (Å²) in [5.41, 5.74) is 13.6. The number of aromatic nitrogens is 2. The first-order chi connectivity index (χ1) is 5.15. The van der Waals surface area contributed by atoms with Crippen LogP contribution in [0.3, 0.4) is 0 Å². The van der Waals surface area contributed by atoms with Gasteiger partial charge < -0.3 is 11.5 Å². The Labute approximate surface area is 90.0 Å². The van der Waals surface area contributed by atoms with Crippen LogP contribution < -0.4 is 11.5 Å². The van der Waals surface area contributed by atoms with E-state index in [0.29, 0.717) is 12.5 Å². The van der Waals surface area contributed by atoms with Gasteiger partial charge in [-0.3, -0.25) is 0 Å². The second-order valence-corrected chi connectivity index (χ2v) is 2.44. The fourth-order valence-electron chi connectivity index (χ4n) is 1.06. The quantitative estimate of drug-likeness (QED) is 0.746. The average molecular weight is 225 g/mol. The molecule has 0 aliphatic heterocycles. The molecule has 0 aromatic carbocycles. The standard InChI is InChI=1S/C7H12N4.2ClH/c1-4-6(3-8)5(2)11-7(9)10-4;;/h3,8H2,1-2H3,(H2,9,10,11);2*1H. The van der Waals surface area contributed by atoms with Crippen molar-refractivity contribution in [3.8, 4) is 0 Å². The Kier molecular flexibility index (Phi) is 6.84. The van der Waals surface area contributed by atoms with E-state index in [1.807, 2.05) is 13.8 Å². The molecular weight excluding hydrogens is 211 g/mol. The molecule has 0 atom stereocenters. The van der Waals surface area contributed by atoms with Crippen molar-refractivity contribution in [1.29, 1.82) is 0 Å². The highest BCUT2D eigenvalue weighted by Gasteiger charge is 2.03. The van der Waals surface area contributed by atoms with E-state index >= 15 is 0 Å². The molecule has 0 aliphatic rings. The van der Waals surface area contributed by atoms with E-state index in [0.717, 1.165) is 17.0 Å². The molecule has 1 aromatic rings. The molecule has 1 rings (SSSR count). The van der Waals surface area contributed by atoms with Crippen LogP contribution in [0, 0.1) is 13.8 Å². The van der Waals surface area contributed by atoms with Crippen molar-refractivity contribution in [2.75, 3.05) is 5.73 Å². The zero-order chi connectivity index (χ0) is 8.43. The fraction of sp³-hybridized carbons (Fsp3) is 0.429. The maximum Gasteiger partial charge on any atom is 0.220 e. The second kappa shape index (κ2) is 5.96. The predicted octanol–water partition coefficient (Wildman–Crippen LogP) is 0.978. The number of nitrogens with two attached hydrogens (primary N) is 2. The smallest absolute Gasteiger partial charge is 0.220 e. The van der Waals surface area contributed by atoms with E-state index in [4.69, 9.17) is 11.5 Å². The normalized spacial score (nSPS) is 8.54. The van der Waals surface area contributed by atoms with Gasteiger partial charge in [-0.1, -0.05) is 0 Å². The molecule has 0 spiro atoms. The third kappa shape index (κ3) is 3.34. The van der Waals surface area contributed by atoms with Gasteiger partial charge in [-0.2, -0.15) is 0 Å². The summed E-state index contributed by atoms with van der Waals surface area (Å²) in [5.74, 6) is 0.317. The lowest BCUT2D eigenvalue weighted by molar-refractivity contribution is 0.942. The zero-order valence-electron chi connectivity index (χ0n) is 7.57. The lowest BCUT2D eigenvalue weighted by Gasteiger charge is -2.05. The highest BCUT2D eigenvalue weighted by Crippen LogP contribution is 2.09. The van der Waals surface area contributed by atoms with Crippen LogP contribution in [0.4, 0.5) is 5.95 Å². The largest absolute Gasteiger partial charge is 0.368 e. The molecule has 0 bridgehead atoms. The second-order valence-electron chi connectivity index (χ2n) is 2.44. The molecule has 0 aliphatic carbocycles. The fourth-order valence-corrected chi connectivity index (χ4v) is 1.06. The van der Waals surface area contributed by atoms with E-state index in [-0.39, 0.29) is 24.8 Å². The third-order valence-electron chi connectivity index (χ3n) is 1.64. The summed E-state index contributed by atoms with van der Waals surface area (Å²) in [6.07, 6.45) is 0. The Morgan fingerprint density at radius 1 is 1.08 bits per heavy atom. The SMILES string of the molecule is Cc1nc(N)nc(C)c1CN.Cl.Cl. The Bertz CT molecular complexity index is 254. The topological polar surface area (TPSA) is 77.8 Å². The van der Waals surface area contributed by atoms with Crippen molar-refractivity contribution in [1.82, 2.24) is 9.97 Å². The number of nitrogen functional groups attached to an aromatic ring is 1. The first-order valence-electron chi connectivity index (χ1n) is 3.44. The molecule has 6 heteroatoms. The van der Waals surface area contributed by atoms with Crippen LogP contribution in [0.2, 0.25) is 0 Å². The monoisotopic (exact) mass is 224 g/mol. The van der Waals surface area contributed by atoms with Crippen LogP contribution in [0.15, 0.2) is 0 Å². The summed E-state index contributed by atoms with van der Waals surface area (Å²) in [5, 5.41) is 0. The van der Waals surface area contributed by atoms with Gasteiger partial charge in [0.1, 0.15) is 0 Å². The van der Waals surface area contributed by atoms with Gasteiger partial charge in [-0.25, -0.2) is 9.97 Å². The Morgan fingerprint density at radius 3 is 1.77 bits per heavy atom. The molecule has 0 radical (unpaired) electrons. The third-order valence-corrected chi connectivity index (χ3v) is 1.64. The van der Waals surface area contributed by atoms with Gasteiger partial charge in [-0.05, 0) is 13.8 Å². The van der Waals surface area contributed by atoms with Crippen molar-refractivity contribution >= 4 is 30.8 Å². The van der Waals surface area contributed by atoms with Crippen LogP contribution in [-0.4, -0.2) is 9.97 Å². The summed E-state index contributed by atoms with van der Waals surface area (Å²) in [6, 6.07) is 0. The minimum Gasteiger partial charge on any atom is -0.368 e. The van der Waals surface area contributed by atoms with Crippen molar-refractivity contribution in [3.63, 3.8) is 0 Å². The molecule has 0 fully saturated rings.